The molecule has 2 nitrogen and oxygen atoms in total. The number of aromatic amines is 1. The van der Waals surface area contributed by atoms with Gasteiger partial charge < -0.3 is 4.98 Å². The third kappa shape index (κ3) is 2.28. The van der Waals surface area contributed by atoms with Crippen LogP contribution < -0.4 is 0 Å². The molecule has 124 valence electrons. The van der Waals surface area contributed by atoms with E-state index in [0.29, 0.717) is 5.56 Å². The van der Waals surface area contributed by atoms with Crippen LogP contribution in [0.2, 0.25) is 0 Å². The summed E-state index contributed by atoms with van der Waals surface area (Å²) in [6.07, 6.45) is 0. The number of hydrogen-bond acceptors (Lipinski definition) is 1. The number of rotatable bonds is 2. The topological polar surface area (TPSA) is 32.9 Å². The van der Waals surface area contributed by atoms with Gasteiger partial charge in [-0.15, -0.1) is 0 Å². The summed E-state index contributed by atoms with van der Waals surface area (Å²) < 4.78 is 1.02. The molecule has 5 aromatic rings. The van der Waals surface area contributed by atoms with Crippen molar-refractivity contribution in [3.63, 3.8) is 0 Å². The van der Waals surface area contributed by atoms with Crippen LogP contribution in [0.3, 0.4) is 0 Å². The van der Waals surface area contributed by atoms with Gasteiger partial charge in [-0.25, -0.2) is 0 Å². The molecule has 0 aliphatic rings. The maximum absolute atomic E-state index is 13.4. The van der Waals surface area contributed by atoms with E-state index in [0.717, 1.165) is 42.6 Å². The summed E-state index contributed by atoms with van der Waals surface area (Å²) in [4.78, 5) is 16.9. The van der Waals surface area contributed by atoms with Crippen LogP contribution in [0.25, 0.3) is 32.6 Å². The Kier molecular flexibility index (Phi) is 3.44. The summed E-state index contributed by atoms with van der Waals surface area (Å²) >= 11 is 3.56. The minimum atomic E-state index is 0.0398. The van der Waals surface area contributed by atoms with E-state index in [1.54, 1.807) is 0 Å². The lowest BCUT2D eigenvalue weighted by molar-refractivity contribution is 0.104. The molecule has 0 radical (unpaired) electrons. The summed E-state index contributed by atoms with van der Waals surface area (Å²) in [5.74, 6) is 0.0398. The second-order valence-electron chi connectivity index (χ2n) is 6.41. The van der Waals surface area contributed by atoms with Gasteiger partial charge in [-0.3, -0.25) is 4.79 Å². The smallest absolute Gasteiger partial charge is 0.195 e. The number of benzene rings is 4. The number of carbonyl (C=O) groups excluding carboxylic acids is 1. The highest BCUT2D eigenvalue weighted by Crippen LogP contribution is 2.35. The lowest BCUT2D eigenvalue weighted by atomic mass is 9.94. The van der Waals surface area contributed by atoms with Crippen molar-refractivity contribution < 1.29 is 4.79 Å². The zero-order valence-corrected chi connectivity index (χ0v) is 15.4. The number of H-pyrrole nitrogens is 1. The van der Waals surface area contributed by atoms with Crippen LogP contribution >= 0.6 is 15.9 Å². The Labute approximate surface area is 158 Å². The quantitative estimate of drug-likeness (QED) is 0.339. The summed E-state index contributed by atoms with van der Waals surface area (Å²) in [5.41, 5.74) is 3.35. The van der Waals surface area contributed by atoms with Crippen LogP contribution in [-0.4, -0.2) is 10.8 Å². The molecule has 3 heteroatoms. The first kappa shape index (κ1) is 15.4. The zero-order valence-electron chi connectivity index (χ0n) is 13.8. The summed E-state index contributed by atoms with van der Waals surface area (Å²) in [7, 11) is 0. The number of nitrogens with one attached hydrogen (secondary N) is 1. The maximum atomic E-state index is 13.4. The van der Waals surface area contributed by atoms with Crippen molar-refractivity contribution in [1.29, 1.82) is 0 Å². The lowest BCUT2D eigenvalue weighted by Gasteiger charge is -2.08. The van der Waals surface area contributed by atoms with E-state index in [1.165, 1.54) is 0 Å². The van der Waals surface area contributed by atoms with Crippen molar-refractivity contribution >= 4 is 54.3 Å². The van der Waals surface area contributed by atoms with Crippen molar-refractivity contribution in [2.75, 3.05) is 0 Å². The standard InChI is InChI=1S/C23H14BrNO/c24-16-10-11-20-18(13-16)19-12-15-8-4-5-9-17(15)21(22(19)25-20)23(26)14-6-2-1-3-7-14/h1-13,25H. The van der Waals surface area contributed by atoms with Gasteiger partial charge in [0.2, 0.25) is 0 Å². The number of carbonyl (C=O) groups is 1. The summed E-state index contributed by atoms with van der Waals surface area (Å²) in [6.45, 7) is 0. The van der Waals surface area contributed by atoms with Gasteiger partial charge in [0.15, 0.2) is 5.78 Å². The van der Waals surface area contributed by atoms with E-state index < -0.39 is 0 Å². The Balaban J connectivity index is 1.95. The first-order chi connectivity index (χ1) is 12.7. The zero-order chi connectivity index (χ0) is 17.7. The van der Waals surface area contributed by atoms with Gasteiger partial charge in [0.05, 0.1) is 11.1 Å². The minimum absolute atomic E-state index is 0.0398. The van der Waals surface area contributed by atoms with E-state index in [4.69, 9.17) is 0 Å². The normalized spacial score (nSPS) is 11.4. The van der Waals surface area contributed by atoms with Crippen LogP contribution in [-0.2, 0) is 0 Å². The van der Waals surface area contributed by atoms with Gasteiger partial charge >= 0.3 is 0 Å². The highest BCUT2D eigenvalue weighted by atomic mass is 79.9. The van der Waals surface area contributed by atoms with Crippen LogP contribution in [0, 0.1) is 0 Å². The SMILES string of the molecule is O=C(c1ccccc1)c1c2ccccc2cc2c1[nH]c1ccc(Br)cc12. The summed E-state index contributed by atoms with van der Waals surface area (Å²) in [5, 5.41) is 4.22. The van der Waals surface area contributed by atoms with Gasteiger partial charge in [0, 0.05) is 26.3 Å². The highest BCUT2D eigenvalue weighted by Gasteiger charge is 2.19. The molecule has 1 aromatic heterocycles. The van der Waals surface area contributed by atoms with Crippen molar-refractivity contribution in [2.45, 2.75) is 0 Å². The maximum Gasteiger partial charge on any atom is 0.195 e. The molecule has 0 bridgehead atoms. The molecule has 26 heavy (non-hydrogen) atoms. The Morgan fingerprint density at radius 2 is 1.54 bits per heavy atom. The first-order valence-electron chi connectivity index (χ1n) is 8.45. The molecule has 0 amide bonds. The first-order valence-corrected chi connectivity index (χ1v) is 9.24. The lowest BCUT2D eigenvalue weighted by Crippen LogP contribution is -2.03. The molecule has 5 rings (SSSR count). The van der Waals surface area contributed by atoms with E-state index in [2.05, 4.69) is 39.1 Å². The largest absolute Gasteiger partial charge is 0.354 e. The molecule has 4 aromatic carbocycles. The fourth-order valence-corrected chi connectivity index (χ4v) is 4.00. The average Bonchev–Trinajstić information content (AvgIpc) is 3.03. The molecule has 0 atom stereocenters. The van der Waals surface area contributed by atoms with Gasteiger partial charge in [0.25, 0.3) is 0 Å². The Hall–Kier alpha value is -2.91. The number of fused-ring (bicyclic) bond motifs is 4. The van der Waals surface area contributed by atoms with Crippen molar-refractivity contribution in [2.24, 2.45) is 0 Å². The number of hydrogen-bond donors (Lipinski definition) is 1. The van der Waals surface area contributed by atoms with E-state index >= 15 is 0 Å². The number of halogens is 1. The van der Waals surface area contributed by atoms with Crippen molar-refractivity contribution in [3.8, 4) is 0 Å². The van der Waals surface area contributed by atoms with Gasteiger partial charge in [-0.2, -0.15) is 0 Å². The monoisotopic (exact) mass is 399 g/mol. The molecule has 0 aliphatic carbocycles. The molecule has 0 aliphatic heterocycles. The fourth-order valence-electron chi connectivity index (χ4n) is 3.64. The third-order valence-electron chi connectivity index (χ3n) is 4.84. The van der Waals surface area contributed by atoms with Crippen LogP contribution in [0.15, 0.2) is 83.3 Å². The van der Waals surface area contributed by atoms with Gasteiger partial charge in [-0.1, -0.05) is 70.5 Å². The molecular formula is C23H14BrNO. The molecular weight excluding hydrogens is 386 g/mol. The number of ketones is 1. The molecule has 0 unspecified atom stereocenters. The molecule has 0 saturated carbocycles. The van der Waals surface area contributed by atoms with Crippen molar-refractivity contribution in [1.82, 2.24) is 4.98 Å². The van der Waals surface area contributed by atoms with Gasteiger partial charge in [0.1, 0.15) is 0 Å². The molecule has 1 heterocycles. The summed E-state index contributed by atoms with van der Waals surface area (Å²) in [6, 6.07) is 25.9. The van der Waals surface area contributed by atoms with Crippen molar-refractivity contribution in [3.05, 3.63) is 94.5 Å². The highest BCUT2D eigenvalue weighted by molar-refractivity contribution is 9.10. The predicted octanol–water partition coefficient (Wildman–Crippen LogP) is 6.47. The van der Waals surface area contributed by atoms with Gasteiger partial charge in [-0.05, 0) is 35.0 Å². The molecule has 0 fully saturated rings. The second kappa shape index (κ2) is 5.82. The Bertz CT molecular complexity index is 1300. The fraction of sp³-hybridized carbons (Fsp3) is 0. The van der Waals surface area contributed by atoms with E-state index in [1.807, 2.05) is 60.7 Å². The second-order valence-corrected chi connectivity index (χ2v) is 7.32. The number of aromatic nitrogens is 1. The predicted molar refractivity (Wildman–Crippen MR) is 111 cm³/mol. The van der Waals surface area contributed by atoms with E-state index in [-0.39, 0.29) is 5.78 Å². The Morgan fingerprint density at radius 1 is 0.769 bits per heavy atom. The molecule has 0 saturated heterocycles. The molecule has 0 spiro atoms. The average molecular weight is 400 g/mol. The minimum Gasteiger partial charge on any atom is -0.354 e. The van der Waals surface area contributed by atoms with Crippen LogP contribution in [0.4, 0.5) is 0 Å². The van der Waals surface area contributed by atoms with Crippen LogP contribution in [0.1, 0.15) is 15.9 Å². The van der Waals surface area contributed by atoms with E-state index in [9.17, 15) is 4.79 Å². The Morgan fingerprint density at radius 3 is 2.38 bits per heavy atom. The third-order valence-corrected chi connectivity index (χ3v) is 5.34. The molecule has 1 N–H and O–H groups in total. The van der Waals surface area contributed by atoms with Crippen LogP contribution in [0.5, 0.6) is 0 Å².